The molecule has 1 fully saturated rings. The second-order valence-electron chi connectivity index (χ2n) is 7.66. The SMILES string of the molecule is COc1ccc(CNC(=O)c2ccc([C@H]3SCC(=O)N3Cc3ccccc3)cc2)cc1OC. The molecule has 0 aliphatic carbocycles. The van der Waals surface area contributed by atoms with Gasteiger partial charge in [-0.3, -0.25) is 9.59 Å². The first-order valence-electron chi connectivity index (χ1n) is 10.6. The zero-order valence-electron chi connectivity index (χ0n) is 18.6. The summed E-state index contributed by atoms with van der Waals surface area (Å²) in [6.07, 6.45) is 0. The van der Waals surface area contributed by atoms with Crippen LogP contribution in [-0.2, 0) is 17.9 Å². The third kappa shape index (κ3) is 5.31. The van der Waals surface area contributed by atoms with Crippen molar-refractivity contribution in [2.75, 3.05) is 20.0 Å². The van der Waals surface area contributed by atoms with Gasteiger partial charge >= 0.3 is 0 Å². The molecule has 1 saturated heterocycles. The number of thioether (sulfide) groups is 1. The molecule has 0 radical (unpaired) electrons. The molecule has 0 unspecified atom stereocenters. The number of benzene rings is 3. The molecule has 4 rings (SSSR count). The topological polar surface area (TPSA) is 67.9 Å². The summed E-state index contributed by atoms with van der Waals surface area (Å²) >= 11 is 1.61. The highest BCUT2D eigenvalue weighted by atomic mass is 32.2. The van der Waals surface area contributed by atoms with Crippen molar-refractivity contribution in [2.24, 2.45) is 0 Å². The molecule has 170 valence electrons. The van der Waals surface area contributed by atoms with Crippen molar-refractivity contribution in [1.29, 1.82) is 0 Å². The third-order valence-corrected chi connectivity index (χ3v) is 6.78. The van der Waals surface area contributed by atoms with Gasteiger partial charge in [-0.05, 0) is 41.0 Å². The number of carbonyl (C=O) groups excluding carboxylic acids is 2. The molecule has 0 aromatic heterocycles. The Morgan fingerprint density at radius 3 is 2.39 bits per heavy atom. The highest BCUT2D eigenvalue weighted by molar-refractivity contribution is 8.00. The Morgan fingerprint density at radius 1 is 0.970 bits per heavy atom. The van der Waals surface area contributed by atoms with E-state index in [-0.39, 0.29) is 17.2 Å². The van der Waals surface area contributed by atoms with Crippen molar-refractivity contribution in [3.05, 3.63) is 95.1 Å². The van der Waals surface area contributed by atoms with Gasteiger partial charge in [0.05, 0.1) is 20.0 Å². The summed E-state index contributed by atoms with van der Waals surface area (Å²) in [6, 6.07) is 23.0. The molecule has 7 heteroatoms. The molecule has 0 saturated carbocycles. The van der Waals surface area contributed by atoms with Crippen molar-refractivity contribution in [3.8, 4) is 11.5 Å². The monoisotopic (exact) mass is 462 g/mol. The molecule has 1 heterocycles. The molecule has 6 nitrogen and oxygen atoms in total. The number of nitrogens with zero attached hydrogens (tertiary/aromatic N) is 1. The van der Waals surface area contributed by atoms with E-state index in [0.717, 1.165) is 16.7 Å². The van der Waals surface area contributed by atoms with Gasteiger partial charge in [0.1, 0.15) is 5.37 Å². The highest BCUT2D eigenvalue weighted by Gasteiger charge is 2.32. The Bertz CT molecular complexity index is 1120. The van der Waals surface area contributed by atoms with E-state index >= 15 is 0 Å². The van der Waals surface area contributed by atoms with E-state index in [1.165, 1.54) is 0 Å². The van der Waals surface area contributed by atoms with E-state index in [1.54, 1.807) is 26.0 Å². The molecule has 1 N–H and O–H groups in total. The molecule has 1 atom stereocenters. The maximum Gasteiger partial charge on any atom is 0.251 e. The van der Waals surface area contributed by atoms with Crippen LogP contribution in [0.25, 0.3) is 0 Å². The second-order valence-corrected chi connectivity index (χ2v) is 8.73. The summed E-state index contributed by atoms with van der Waals surface area (Å²) in [5.41, 5.74) is 3.60. The summed E-state index contributed by atoms with van der Waals surface area (Å²) in [4.78, 5) is 27.0. The summed E-state index contributed by atoms with van der Waals surface area (Å²) in [7, 11) is 3.17. The molecule has 0 spiro atoms. The van der Waals surface area contributed by atoms with Gasteiger partial charge in [0.15, 0.2) is 11.5 Å². The minimum atomic E-state index is -0.160. The quantitative estimate of drug-likeness (QED) is 0.537. The Balaban J connectivity index is 1.40. The van der Waals surface area contributed by atoms with E-state index in [0.29, 0.717) is 35.9 Å². The molecule has 3 aromatic rings. The molecule has 1 aliphatic heterocycles. The lowest BCUT2D eigenvalue weighted by Gasteiger charge is -2.24. The lowest BCUT2D eigenvalue weighted by atomic mass is 10.1. The van der Waals surface area contributed by atoms with E-state index < -0.39 is 0 Å². The summed E-state index contributed by atoms with van der Waals surface area (Å²) in [6.45, 7) is 0.948. The summed E-state index contributed by atoms with van der Waals surface area (Å²) < 4.78 is 10.6. The summed E-state index contributed by atoms with van der Waals surface area (Å²) in [5, 5.41) is 2.88. The van der Waals surface area contributed by atoms with Gasteiger partial charge in [0.2, 0.25) is 5.91 Å². The van der Waals surface area contributed by atoms with Crippen molar-refractivity contribution in [1.82, 2.24) is 10.2 Å². The van der Waals surface area contributed by atoms with Crippen LogP contribution in [0.1, 0.15) is 32.4 Å². The van der Waals surface area contributed by atoms with Gasteiger partial charge in [-0.25, -0.2) is 0 Å². The second kappa shape index (κ2) is 10.4. The number of hydrogen-bond acceptors (Lipinski definition) is 5. The number of hydrogen-bond donors (Lipinski definition) is 1. The van der Waals surface area contributed by atoms with Crippen LogP contribution in [0, 0.1) is 0 Å². The molecule has 33 heavy (non-hydrogen) atoms. The van der Waals surface area contributed by atoms with Gasteiger partial charge in [-0.15, -0.1) is 11.8 Å². The fourth-order valence-electron chi connectivity index (χ4n) is 3.76. The first-order chi connectivity index (χ1) is 16.1. The first kappa shape index (κ1) is 22.7. The third-order valence-electron chi connectivity index (χ3n) is 5.52. The molecule has 2 amide bonds. The number of ether oxygens (including phenoxy) is 2. The first-order valence-corrected chi connectivity index (χ1v) is 11.7. The normalized spacial score (nSPS) is 15.4. The highest BCUT2D eigenvalue weighted by Crippen LogP contribution is 2.39. The number of rotatable bonds is 8. The molecular formula is C26H26N2O4S. The van der Waals surface area contributed by atoms with Gasteiger partial charge in [-0.2, -0.15) is 0 Å². The molecular weight excluding hydrogens is 436 g/mol. The molecule has 3 aromatic carbocycles. The predicted octanol–water partition coefficient (Wildman–Crippen LogP) is 4.41. The zero-order chi connectivity index (χ0) is 23.2. The Hall–Kier alpha value is -3.45. The Kier molecular flexibility index (Phi) is 7.19. The van der Waals surface area contributed by atoms with E-state index in [4.69, 9.17) is 9.47 Å². The van der Waals surface area contributed by atoms with Crippen LogP contribution in [0.3, 0.4) is 0 Å². The lowest BCUT2D eigenvalue weighted by molar-refractivity contribution is -0.128. The predicted molar refractivity (Wildman–Crippen MR) is 129 cm³/mol. The standard InChI is InChI=1S/C26H26N2O4S/c1-31-22-13-8-19(14-23(22)32-2)15-27-25(30)20-9-11-21(12-10-20)26-28(24(29)17-33-26)16-18-6-4-3-5-7-18/h3-14,26H,15-17H2,1-2H3,(H,27,30)/t26-/m1/s1. The minimum Gasteiger partial charge on any atom is -0.493 e. The number of carbonyl (C=O) groups is 2. The van der Waals surface area contributed by atoms with Crippen LogP contribution in [0.4, 0.5) is 0 Å². The Morgan fingerprint density at radius 2 is 1.70 bits per heavy atom. The van der Waals surface area contributed by atoms with E-state index in [2.05, 4.69) is 5.32 Å². The van der Waals surface area contributed by atoms with Crippen LogP contribution in [-0.4, -0.2) is 36.7 Å². The largest absolute Gasteiger partial charge is 0.493 e. The number of methoxy groups -OCH3 is 2. The average molecular weight is 463 g/mol. The van der Waals surface area contributed by atoms with Crippen LogP contribution in [0.2, 0.25) is 0 Å². The van der Waals surface area contributed by atoms with Gasteiger partial charge in [0, 0.05) is 18.7 Å². The van der Waals surface area contributed by atoms with Crippen LogP contribution >= 0.6 is 11.8 Å². The van der Waals surface area contributed by atoms with Crippen LogP contribution < -0.4 is 14.8 Å². The smallest absolute Gasteiger partial charge is 0.251 e. The number of nitrogens with one attached hydrogen (secondary N) is 1. The molecule has 0 bridgehead atoms. The van der Waals surface area contributed by atoms with Gasteiger partial charge < -0.3 is 19.7 Å². The summed E-state index contributed by atoms with van der Waals surface area (Å²) in [5.74, 6) is 1.70. The lowest BCUT2D eigenvalue weighted by Crippen LogP contribution is -2.27. The zero-order valence-corrected chi connectivity index (χ0v) is 19.4. The van der Waals surface area contributed by atoms with Gasteiger partial charge in [-0.1, -0.05) is 48.5 Å². The fourth-order valence-corrected chi connectivity index (χ4v) is 4.94. The Labute approximate surface area is 197 Å². The van der Waals surface area contributed by atoms with Crippen LogP contribution in [0.5, 0.6) is 11.5 Å². The van der Waals surface area contributed by atoms with Crippen molar-refractivity contribution >= 4 is 23.6 Å². The maximum absolute atomic E-state index is 12.6. The van der Waals surface area contributed by atoms with E-state index in [9.17, 15) is 9.59 Å². The molecule has 1 aliphatic rings. The fraction of sp³-hybridized carbons (Fsp3) is 0.231. The van der Waals surface area contributed by atoms with E-state index in [1.807, 2.05) is 77.7 Å². The van der Waals surface area contributed by atoms with Gasteiger partial charge in [0.25, 0.3) is 5.91 Å². The number of amides is 2. The van der Waals surface area contributed by atoms with Crippen LogP contribution in [0.15, 0.2) is 72.8 Å². The average Bonchev–Trinajstić information content (AvgIpc) is 3.22. The van der Waals surface area contributed by atoms with Crippen molar-refractivity contribution in [3.63, 3.8) is 0 Å². The minimum absolute atomic E-state index is 0.0541. The van der Waals surface area contributed by atoms with Crippen molar-refractivity contribution < 1.29 is 19.1 Å². The van der Waals surface area contributed by atoms with Crippen molar-refractivity contribution in [2.45, 2.75) is 18.5 Å². The maximum atomic E-state index is 12.6.